The normalized spacial score (nSPS) is 53.6. The van der Waals surface area contributed by atoms with Crippen LogP contribution >= 0.6 is 0 Å². The molecule has 4 aliphatic rings. The van der Waals surface area contributed by atoms with Gasteiger partial charge in [0, 0.05) is 0 Å². The van der Waals surface area contributed by atoms with Crippen LogP contribution in [0.25, 0.3) is 0 Å². The number of hydrogen-bond donors (Lipinski definition) is 0. The van der Waals surface area contributed by atoms with Crippen LogP contribution in [0.2, 0.25) is 0 Å². The molecule has 1 heterocycles. The predicted octanol–water partition coefficient (Wildman–Crippen LogP) is 5.43. The molecular formula is C20H34O. The van der Waals surface area contributed by atoms with Gasteiger partial charge in [-0.25, -0.2) is 0 Å². The van der Waals surface area contributed by atoms with E-state index in [0.717, 1.165) is 29.1 Å². The molecule has 7 atom stereocenters. The molecule has 0 spiro atoms. The van der Waals surface area contributed by atoms with Gasteiger partial charge in [0.2, 0.25) is 0 Å². The molecule has 1 nitrogen and oxygen atoms in total. The Kier molecular flexibility index (Phi) is 2.96. The molecule has 0 radical (unpaired) electrons. The van der Waals surface area contributed by atoms with Gasteiger partial charge in [-0.15, -0.1) is 0 Å². The lowest BCUT2D eigenvalue weighted by Crippen LogP contribution is -2.40. The first-order chi connectivity index (χ1) is 9.71. The Bertz CT molecular complexity index is 402. The zero-order chi connectivity index (χ0) is 15.0. The molecule has 4 fully saturated rings. The summed E-state index contributed by atoms with van der Waals surface area (Å²) in [4.78, 5) is 0. The highest BCUT2D eigenvalue weighted by Crippen LogP contribution is 2.65. The Hall–Kier alpha value is -0.0400. The number of epoxide rings is 1. The van der Waals surface area contributed by atoms with Crippen LogP contribution < -0.4 is 0 Å². The van der Waals surface area contributed by atoms with Crippen molar-refractivity contribution in [2.75, 3.05) is 0 Å². The topological polar surface area (TPSA) is 12.5 Å². The smallest absolute Gasteiger partial charge is 0.0923 e. The summed E-state index contributed by atoms with van der Waals surface area (Å²) in [7, 11) is 0. The first-order valence-corrected chi connectivity index (χ1v) is 9.39. The van der Waals surface area contributed by atoms with E-state index < -0.39 is 0 Å². The summed E-state index contributed by atoms with van der Waals surface area (Å²) in [5, 5.41) is 0. The minimum atomic E-state index is 0.257. The van der Waals surface area contributed by atoms with Gasteiger partial charge in [-0.3, -0.25) is 0 Å². The van der Waals surface area contributed by atoms with Crippen LogP contribution in [0.4, 0.5) is 0 Å². The number of rotatable bonds is 2. The molecule has 0 aromatic heterocycles. The minimum absolute atomic E-state index is 0.257. The number of hydrogen-bond acceptors (Lipinski definition) is 1. The summed E-state index contributed by atoms with van der Waals surface area (Å²) in [6.45, 7) is 12.4. The summed E-state index contributed by atoms with van der Waals surface area (Å²) in [6.07, 6.45) is 10.7. The van der Waals surface area contributed by atoms with Crippen LogP contribution in [-0.4, -0.2) is 11.7 Å². The van der Waals surface area contributed by atoms with Gasteiger partial charge in [0.25, 0.3) is 0 Å². The van der Waals surface area contributed by atoms with Crippen molar-refractivity contribution in [1.82, 2.24) is 0 Å². The molecule has 1 heteroatoms. The van der Waals surface area contributed by atoms with E-state index in [9.17, 15) is 0 Å². The van der Waals surface area contributed by atoms with Crippen LogP contribution in [0.5, 0.6) is 0 Å². The highest BCUT2D eigenvalue weighted by molar-refractivity contribution is 5.09. The Balaban J connectivity index is 1.54. The molecule has 21 heavy (non-hydrogen) atoms. The molecule has 0 aromatic carbocycles. The van der Waals surface area contributed by atoms with Crippen molar-refractivity contribution in [2.45, 2.75) is 91.3 Å². The Morgan fingerprint density at radius 2 is 1.57 bits per heavy atom. The maximum atomic E-state index is 5.99. The maximum absolute atomic E-state index is 5.99. The fraction of sp³-hybridized carbons (Fsp3) is 1.00. The van der Waals surface area contributed by atoms with Crippen LogP contribution in [0, 0.1) is 34.5 Å². The third kappa shape index (κ3) is 2.38. The molecule has 0 bridgehead atoms. The van der Waals surface area contributed by atoms with Crippen molar-refractivity contribution in [3.63, 3.8) is 0 Å². The van der Waals surface area contributed by atoms with Crippen LogP contribution in [0.1, 0.15) is 79.6 Å². The van der Waals surface area contributed by atoms with Gasteiger partial charge in [0.05, 0.1) is 11.7 Å². The van der Waals surface area contributed by atoms with Crippen molar-refractivity contribution in [3.05, 3.63) is 0 Å². The maximum Gasteiger partial charge on any atom is 0.0923 e. The summed E-state index contributed by atoms with van der Waals surface area (Å²) in [5.41, 5.74) is 1.43. The molecule has 3 saturated carbocycles. The molecular weight excluding hydrogens is 256 g/mol. The third-order valence-electron chi connectivity index (χ3n) is 7.67. The summed E-state index contributed by atoms with van der Waals surface area (Å²) in [6, 6.07) is 0. The first kappa shape index (κ1) is 14.5. The Labute approximate surface area is 131 Å². The molecule has 0 N–H and O–H groups in total. The van der Waals surface area contributed by atoms with Gasteiger partial charge >= 0.3 is 0 Å². The SMILES string of the molecule is CC(C)(C)C(C1CCC2CC2(C)C1)C1CCC2OC2(C)C1. The van der Waals surface area contributed by atoms with Crippen LogP contribution in [0.3, 0.4) is 0 Å². The van der Waals surface area contributed by atoms with Gasteiger partial charge in [-0.1, -0.05) is 27.7 Å². The lowest BCUT2D eigenvalue weighted by atomic mass is 9.58. The first-order valence-electron chi connectivity index (χ1n) is 9.39. The van der Waals surface area contributed by atoms with Crippen LogP contribution in [-0.2, 0) is 4.74 Å². The zero-order valence-electron chi connectivity index (χ0n) is 14.7. The van der Waals surface area contributed by atoms with E-state index in [1.807, 2.05) is 0 Å². The minimum Gasteiger partial charge on any atom is -0.366 e. The quantitative estimate of drug-likeness (QED) is 0.617. The average molecular weight is 290 g/mol. The van der Waals surface area contributed by atoms with E-state index in [2.05, 4.69) is 34.6 Å². The Morgan fingerprint density at radius 3 is 2.19 bits per heavy atom. The predicted molar refractivity (Wildman–Crippen MR) is 87.1 cm³/mol. The molecule has 4 rings (SSSR count). The summed E-state index contributed by atoms with van der Waals surface area (Å²) in [5.74, 6) is 3.85. The lowest BCUT2D eigenvalue weighted by Gasteiger charge is -2.46. The monoisotopic (exact) mass is 290 g/mol. The molecule has 7 unspecified atom stereocenters. The van der Waals surface area contributed by atoms with Crippen molar-refractivity contribution >= 4 is 0 Å². The molecule has 1 aliphatic heterocycles. The van der Waals surface area contributed by atoms with E-state index in [0.29, 0.717) is 11.5 Å². The molecule has 120 valence electrons. The third-order valence-corrected chi connectivity index (χ3v) is 7.67. The van der Waals surface area contributed by atoms with Gasteiger partial charge in [-0.05, 0) is 86.4 Å². The van der Waals surface area contributed by atoms with Gasteiger partial charge < -0.3 is 4.74 Å². The largest absolute Gasteiger partial charge is 0.366 e. The number of ether oxygens (including phenoxy) is 1. The molecule has 0 aromatic rings. The zero-order valence-corrected chi connectivity index (χ0v) is 14.7. The van der Waals surface area contributed by atoms with Gasteiger partial charge in [-0.2, -0.15) is 0 Å². The molecule has 1 saturated heterocycles. The fourth-order valence-electron chi connectivity index (χ4n) is 6.56. The number of fused-ring (bicyclic) bond motifs is 2. The second-order valence-corrected chi connectivity index (χ2v) is 10.4. The summed E-state index contributed by atoms with van der Waals surface area (Å²) >= 11 is 0. The van der Waals surface area contributed by atoms with E-state index >= 15 is 0 Å². The Morgan fingerprint density at radius 1 is 0.905 bits per heavy atom. The van der Waals surface area contributed by atoms with Crippen molar-refractivity contribution < 1.29 is 4.74 Å². The second-order valence-electron chi connectivity index (χ2n) is 10.4. The van der Waals surface area contributed by atoms with Gasteiger partial charge in [0.15, 0.2) is 0 Å². The molecule has 0 amide bonds. The van der Waals surface area contributed by atoms with Crippen molar-refractivity contribution in [1.29, 1.82) is 0 Å². The van der Waals surface area contributed by atoms with Crippen LogP contribution in [0.15, 0.2) is 0 Å². The van der Waals surface area contributed by atoms with E-state index in [-0.39, 0.29) is 5.60 Å². The van der Waals surface area contributed by atoms with E-state index in [1.165, 1.54) is 44.9 Å². The van der Waals surface area contributed by atoms with E-state index in [4.69, 9.17) is 4.74 Å². The van der Waals surface area contributed by atoms with E-state index in [1.54, 1.807) is 0 Å². The fourth-order valence-corrected chi connectivity index (χ4v) is 6.56. The average Bonchev–Trinajstić information content (AvgIpc) is 3.19. The lowest BCUT2D eigenvalue weighted by molar-refractivity contribution is 0.0305. The highest BCUT2D eigenvalue weighted by atomic mass is 16.6. The standard InChI is InChI=1S/C20H34O/c1-18(2,3)17(13-6-8-15-12-19(15,4)10-13)14-7-9-16-20(5,11-14)21-16/h13-17H,6-12H2,1-5H3. The van der Waals surface area contributed by atoms with Crippen molar-refractivity contribution in [3.8, 4) is 0 Å². The van der Waals surface area contributed by atoms with Crippen molar-refractivity contribution in [2.24, 2.45) is 34.5 Å². The van der Waals surface area contributed by atoms with Gasteiger partial charge in [0.1, 0.15) is 0 Å². The highest BCUT2D eigenvalue weighted by Gasteiger charge is 2.59. The second kappa shape index (κ2) is 4.28. The summed E-state index contributed by atoms with van der Waals surface area (Å²) < 4.78 is 5.99. The molecule has 3 aliphatic carbocycles.